The average molecular weight is 396 g/mol. The maximum atomic E-state index is 13.0. The van der Waals surface area contributed by atoms with E-state index in [0.29, 0.717) is 29.5 Å². The van der Waals surface area contributed by atoms with E-state index in [1.54, 1.807) is 18.3 Å². The number of piperidine rings is 1. The van der Waals surface area contributed by atoms with Crippen LogP contribution in [-0.4, -0.2) is 44.8 Å². The van der Waals surface area contributed by atoms with Crippen LogP contribution in [-0.2, 0) is 4.79 Å². The molecular formula is C16H15BrFN3O3. The van der Waals surface area contributed by atoms with Gasteiger partial charge < -0.3 is 10.0 Å². The molecule has 1 aromatic heterocycles. The third-order valence-corrected chi connectivity index (χ3v) is 4.60. The Labute approximate surface area is 146 Å². The van der Waals surface area contributed by atoms with Gasteiger partial charge in [-0.2, -0.15) is 5.10 Å². The Morgan fingerprint density at radius 1 is 1.29 bits per heavy atom. The van der Waals surface area contributed by atoms with E-state index >= 15 is 0 Å². The summed E-state index contributed by atoms with van der Waals surface area (Å²) in [4.78, 5) is 25.3. The number of carboxylic acid groups (broad SMARTS) is 1. The number of aliphatic carboxylic acids is 1. The largest absolute Gasteiger partial charge is 0.481 e. The summed E-state index contributed by atoms with van der Waals surface area (Å²) >= 11 is 3.32. The first kappa shape index (κ1) is 16.6. The van der Waals surface area contributed by atoms with E-state index in [9.17, 15) is 14.0 Å². The van der Waals surface area contributed by atoms with Gasteiger partial charge in [-0.25, -0.2) is 9.07 Å². The smallest absolute Gasteiger partial charge is 0.308 e. The highest BCUT2D eigenvalue weighted by molar-refractivity contribution is 9.10. The highest BCUT2D eigenvalue weighted by atomic mass is 79.9. The van der Waals surface area contributed by atoms with Gasteiger partial charge in [0.1, 0.15) is 5.82 Å². The molecule has 1 fully saturated rings. The van der Waals surface area contributed by atoms with Crippen molar-refractivity contribution < 1.29 is 19.1 Å². The molecular weight excluding hydrogens is 381 g/mol. The van der Waals surface area contributed by atoms with Crippen LogP contribution in [0.3, 0.4) is 0 Å². The van der Waals surface area contributed by atoms with Gasteiger partial charge in [-0.15, -0.1) is 0 Å². The van der Waals surface area contributed by atoms with E-state index in [0.717, 1.165) is 0 Å². The second-order valence-electron chi connectivity index (χ2n) is 5.68. The van der Waals surface area contributed by atoms with E-state index in [2.05, 4.69) is 21.0 Å². The molecule has 0 bridgehead atoms. The lowest BCUT2D eigenvalue weighted by atomic mass is 9.98. The molecule has 2 aromatic rings. The summed E-state index contributed by atoms with van der Waals surface area (Å²) in [6.45, 7) is 0.697. The van der Waals surface area contributed by atoms with E-state index in [1.165, 1.54) is 21.7 Å². The number of rotatable bonds is 3. The number of aromatic nitrogens is 2. The number of amides is 1. The zero-order valence-electron chi connectivity index (χ0n) is 12.7. The van der Waals surface area contributed by atoms with Gasteiger partial charge in [-0.05, 0) is 53.0 Å². The molecule has 3 rings (SSSR count). The molecule has 1 saturated heterocycles. The lowest BCUT2D eigenvalue weighted by molar-refractivity contribution is -0.143. The van der Waals surface area contributed by atoms with Crippen molar-refractivity contribution in [1.82, 2.24) is 14.7 Å². The minimum atomic E-state index is -0.886. The number of carbonyl (C=O) groups excluding carboxylic acids is 1. The Bertz CT molecular complexity index is 775. The molecule has 0 spiro atoms. The van der Waals surface area contributed by atoms with E-state index < -0.39 is 11.9 Å². The topological polar surface area (TPSA) is 75.4 Å². The predicted octanol–water partition coefficient (Wildman–Crippen LogP) is 2.71. The summed E-state index contributed by atoms with van der Waals surface area (Å²) in [6, 6.07) is 5.75. The molecule has 1 aromatic carbocycles. The van der Waals surface area contributed by atoms with Crippen LogP contribution in [0.1, 0.15) is 23.3 Å². The number of nitrogens with zero attached hydrogens (tertiary/aromatic N) is 3. The Kier molecular flexibility index (Phi) is 4.66. The van der Waals surface area contributed by atoms with Crippen molar-refractivity contribution in [3.63, 3.8) is 0 Å². The van der Waals surface area contributed by atoms with Gasteiger partial charge in [0.2, 0.25) is 0 Å². The number of hydrogen-bond acceptors (Lipinski definition) is 3. The molecule has 1 N–H and O–H groups in total. The normalized spacial score (nSPS) is 17.8. The Hall–Kier alpha value is -2.22. The summed E-state index contributed by atoms with van der Waals surface area (Å²) in [5, 5.41) is 13.4. The molecule has 0 aliphatic carbocycles. The van der Waals surface area contributed by atoms with Gasteiger partial charge in [0, 0.05) is 19.3 Å². The molecule has 6 nitrogen and oxygen atoms in total. The van der Waals surface area contributed by atoms with Crippen molar-refractivity contribution in [2.24, 2.45) is 5.92 Å². The lowest BCUT2D eigenvalue weighted by Crippen LogP contribution is -2.42. The first-order chi connectivity index (χ1) is 11.5. The molecule has 1 atom stereocenters. The average Bonchev–Trinajstić information content (AvgIpc) is 2.96. The van der Waals surface area contributed by atoms with E-state index in [-0.39, 0.29) is 24.0 Å². The maximum Gasteiger partial charge on any atom is 0.308 e. The van der Waals surface area contributed by atoms with Gasteiger partial charge in [0.25, 0.3) is 5.91 Å². The van der Waals surface area contributed by atoms with Crippen molar-refractivity contribution >= 4 is 27.8 Å². The molecule has 126 valence electrons. The summed E-state index contributed by atoms with van der Waals surface area (Å²) in [5.41, 5.74) is 0.837. The summed E-state index contributed by atoms with van der Waals surface area (Å²) < 4.78 is 15.0. The van der Waals surface area contributed by atoms with Crippen LogP contribution >= 0.6 is 15.9 Å². The van der Waals surface area contributed by atoms with Gasteiger partial charge in [0.15, 0.2) is 5.69 Å². The van der Waals surface area contributed by atoms with Crippen LogP contribution in [0.4, 0.5) is 4.39 Å². The second-order valence-corrected chi connectivity index (χ2v) is 6.53. The van der Waals surface area contributed by atoms with E-state index in [1.807, 2.05) is 0 Å². The van der Waals surface area contributed by atoms with Crippen LogP contribution in [0.15, 0.2) is 34.9 Å². The first-order valence-electron chi connectivity index (χ1n) is 7.49. The molecule has 0 saturated carbocycles. The van der Waals surface area contributed by atoms with Gasteiger partial charge >= 0.3 is 5.97 Å². The molecule has 1 amide bonds. The Morgan fingerprint density at radius 2 is 2.00 bits per heavy atom. The maximum absolute atomic E-state index is 13.0. The fourth-order valence-electron chi connectivity index (χ4n) is 2.74. The monoisotopic (exact) mass is 395 g/mol. The Balaban J connectivity index is 1.83. The number of carboxylic acids is 1. The van der Waals surface area contributed by atoms with Crippen molar-refractivity contribution in [3.8, 4) is 5.69 Å². The van der Waals surface area contributed by atoms with Crippen LogP contribution in [0.2, 0.25) is 0 Å². The highest BCUT2D eigenvalue weighted by Crippen LogP contribution is 2.23. The second kappa shape index (κ2) is 6.72. The minimum Gasteiger partial charge on any atom is -0.481 e. The summed E-state index contributed by atoms with van der Waals surface area (Å²) in [5.74, 6) is -2.09. The quantitative estimate of drug-likeness (QED) is 0.866. The van der Waals surface area contributed by atoms with Crippen molar-refractivity contribution in [2.75, 3.05) is 13.1 Å². The van der Waals surface area contributed by atoms with E-state index in [4.69, 9.17) is 5.11 Å². The SMILES string of the molecule is O=C(O)C1CCCN(C(=O)c2nn(-c3ccc(F)cc3)cc2Br)C1. The number of likely N-dealkylation sites (tertiary alicyclic amines) is 1. The number of benzene rings is 1. The molecule has 1 aliphatic heterocycles. The molecule has 2 heterocycles. The zero-order chi connectivity index (χ0) is 17.3. The minimum absolute atomic E-state index is 0.185. The highest BCUT2D eigenvalue weighted by Gasteiger charge is 2.30. The lowest BCUT2D eigenvalue weighted by Gasteiger charge is -2.30. The van der Waals surface area contributed by atoms with Gasteiger partial charge in [-0.1, -0.05) is 0 Å². The fourth-order valence-corrected chi connectivity index (χ4v) is 3.18. The van der Waals surface area contributed by atoms with Crippen molar-refractivity contribution in [1.29, 1.82) is 0 Å². The summed E-state index contributed by atoms with van der Waals surface area (Å²) in [6.07, 6.45) is 2.85. The molecule has 8 heteroatoms. The van der Waals surface area contributed by atoms with Crippen LogP contribution < -0.4 is 0 Å². The third-order valence-electron chi connectivity index (χ3n) is 4.02. The first-order valence-corrected chi connectivity index (χ1v) is 8.28. The predicted molar refractivity (Wildman–Crippen MR) is 87.5 cm³/mol. The number of carbonyl (C=O) groups is 2. The van der Waals surface area contributed by atoms with Crippen LogP contribution in [0.5, 0.6) is 0 Å². The number of hydrogen-bond donors (Lipinski definition) is 1. The molecule has 0 radical (unpaired) electrons. The third kappa shape index (κ3) is 3.33. The molecule has 24 heavy (non-hydrogen) atoms. The molecule has 1 unspecified atom stereocenters. The van der Waals surface area contributed by atoms with Crippen LogP contribution in [0, 0.1) is 11.7 Å². The summed E-state index contributed by atoms with van der Waals surface area (Å²) in [7, 11) is 0. The standard InChI is InChI=1S/C16H15BrFN3O3/c17-13-9-21(12-5-3-11(18)4-6-12)19-14(13)15(22)20-7-1-2-10(8-20)16(23)24/h3-6,9-10H,1-2,7-8H2,(H,23,24). The zero-order valence-corrected chi connectivity index (χ0v) is 14.2. The van der Waals surface area contributed by atoms with Crippen LogP contribution in [0.25, 0.3) is 5.69 Å². The molecule has 1 aliphatic rings. The van der Waals surface area contributed by atoms with Crippen molar-refractivity contribution in [3.05, 3.63) is 46.4 Å². The van der Waals surface area contributed by atoms with Crippen molar-refractivity contribution in [2.45, 2.75) is 12.8 Å². The fraction of sp³-hybridized carbons (Fsp3) is 0.312. The van der Waals surface area contributed by atoms with Gasteiger partial charge in [0.05, 0.1) is 16.1 Å². The van der Waals surface area contributed by atoms with Gasteiger partial charge in [-0.3, -0.25) is 9.59 Å². The number of halogens is 2. The Morgan fingerprint density at radius 3 is 2.67 bits per heavy atom.